The van der Waals surface area contributed by atoms with Gasteiger partial charge < -0.3 is 14.9 Å². The molecule has 0 amide bonds. The zero-order valence-electron chi connectivity index (χ0n) is 16.4. The summed E-state index contributed by atoms with van der Waals surface area (Å²) < 4.78 is 5.76. The molecule has 0 bridgehead atoms. The number of aliphatic carboxylic acids is 1. The normalized spacial score (nSPS) is 12.8. The van der Waals surface area contributed by atoms with E-state index in [1.54, 1.807) is 0 Å². The van der Waals surface area contributed by atoms with Crippen LogP contribution in [-0.2, 0) is 14.3 Å². The minimum absolute atomic E-state index is 0.561. The number of carbonyl (C=O) groups is 2. The number of carbonyl (C=O) groups excluding carboxylic acids is 1. The molecule has 0 aromatic heterocycles. The van der Waals surface area contributed by atoms with E-state index in [0.717, 1.165) is 57.8 Å². The third kappa shape index (κ3) is 11.2. The SMILES string of the molecule is CCCCCCCC(CCCC)(CCCC)OC(=O)[C@H](O)CC(=O)O. The molecule has 25 heavy (non-hydrogen) atoms. The lowest BCUT2D eigenvalue weighted by Crippen LogP contribution is -2.39. The van der Waals surface area contributed by atoms with E-state index < -0.39 is 30.1 Å². The van der Waals surface area contributed by atoms with Crippen LogP contribution in [0.25, 0.3) is 0 Å². The van der Waals surface area contributed by atoms with Crippen molar-refractivity contribution in [2.45, 2.75) is 116 Å². The van der Waals surface area contributed by atoms with Crippen LogP contribution in [0.15, 0.2) is 0 Å². The number of ether oxygens (including phenoxy) is 1. The first-order chi connectivity index (χ1) is 11.9. The smallest absolute Gasteiger partial charge is 0.336 e. The molecular weight excluding hydrogens is 320 g/mol. The van der Waals surface area contributed by atoms with Gasteiger partial charge in [-0.15, -0.1) is 0 Å². The van der Waals surface area contributed by atoms with Gasteiger partial charge in [-0.1, -0.05) is 59.3 Å². The Morgan fingerprint density at radius 2 is 1.32 bits per heavy atom. The number of aliphatic hydroxyl groups excluding tert-OH is 1. The Hall–Kier alpha value is -1.10. The molecule has 0 aromatic rings. The standard InChI is InChI=1S/C20H38O5/c1-4-7-10-11-12-15-20(13-8-5-2,14-9-6-3)25-19(24)17(21)16-18(22)23/h17,21H,4-16H2,1-3H3,(H,22,23)/t17-/m1/s1. The van der Waals surface area contributed by atoms with Gasteiger partial charge in [0, 0.05) is 0 Å². The van der Waals surface area contributed by atoms with E-state index in [1.807, 2.05) is 0 Å². The highest BCUT2D eigenvalue weighted by Gasteiger charge is 2.35. The van der Waals surface area contributed by atoms with E-state index in [2.05, 4.69) is 20.8 Å². The molecule has 0 saturated carbocycles. The monoisotopic (exact) mass is 358 g/mol. The average molecular weight is 359 g/mol. The summed E-state index contributed by atoms with van der Waals surface area (Å²) >= 11 is 0. The predicted molar refractivity (Wildman–Crippen MR) is 99.5 cm³/mol. The lowest BCUT2D eigenvalue weighted by molar-refractivity contribution is -0.175. The molecule has 0 saturated heterocycles. The molecule has 2 N–H and O–H groups in total. The largest absolute Gasteiger partial charge is 0.481 e. The fourth-order valence-corrected chi connectivity index (χ4v) is 3.11. The predicted octanol–water partition coefficient (Wildman–Crippen LogP) is 4.84. The number of aliphatic hydroxyl groups is 1. The number of carboxylic acids is 1. The van der Waals surface area contributed by atoms with Gasteiger partial charge in [0.05, 0.1) is 6.42 Å². The minimum atomic E-state index is -1.58. The van der Waals surface area contributed by atoms with Gasteiger partial charge in [0.15, 0.2) is 6.10 Å². The van der Waals surface area contributed by atoms with Crippen LogP contribution in [0.1, 0.15) is 104 Å². The summed E-state index contributed by atoms with van der Waals surface area (Å²) in [4.78, 5) is 22.9. The Labute approximate surface area is 153 Å². The van der Waals surface area contributed by atoms with Gasteiger partial charge in [-0.2, -0.15) is 0 Å². The molecule has 5 heteroatoms. The van der Waals surface area contributed by atoms with Gasteiger partial charge >= 0.3 is 11.9 Å². The number of unbranched alkanes of at least 4 members (excludes halogenated alkanes) is 6. The Bertz CT molecular complexity index is 359. The first-order valence-corrected chi connectivity index (χ1v) is 10.0. The van der Waals surface area contributed by atoms with Gasteiger partial charge in [0.2, 0.25) is 0 Å². The molecular formula is C20H38O5. The Balaban J connectivity index is 4.95. The second kappa shape index (κ2) is 14.1. The molecule has 0 aliphatic rings. The molecule has 0 aliphatic carbocycles. The van der Waals surface area contributed by atoms with Gasteiger partial charge in [0.1, 0.15) is 5.60 Å². The zero-order chi connectivity index (χ0) is 19.1. The third-order valence-electron chi connectivity index (χ3n) is 4.66. The van der Waals surface area contributed by atoms with Crippen molar-refractivity contribution in [1.82, 2.24) is 0 Å². The first kappa shape index (κ1) is 23.9. The van der Waals surface area contributed by atoms with Gasteiger partial charge in [-0.25, -0.2) is 4.79 Å². The van der Waals surface area contributed by atoms with Gasteiger partial charge in [-0.05, 0) is 38.5 Å². The Morgan fingerprint density at radius 3 is 1.80 bits per heavy atom. The Kier molecular flexibility index (Phi) is 13.5. The number of hydrogen-bond acceptors (Lipinski definition) is 4. The number of rotatable bonds is 16. The van der Waals surface area contributed by atoms with Crippen LogP contribution in [0.4, 0.5) is 0 Å². The van der Waals surface area contributed by atoms with Crippen molar-refractivity contribution >= 4 is 11.9 Å². The van der Waals surface area contributed by atoms with Gasteiger partial charge in [-0.3, -0.25) is 4.79 Å². The van der Waals surface area contributed by atoms with E-state index >= 15 is 0 Å². The molecule has 5 nitrogen and oxygen atoms in total. The molecule has 0 aliphatic heterocycles. The van der Waals surface area contributed by atoms with Crippen LogP contribution in [0.2, 0.25) is 0 Å². The average Bonchev–Trinajstić information content (AvgIpc) is 2.57. The summed E-state index contributed by atoms with van der Waals surface area (Å²) in [5.41, 5.74) is -0.561. The lowest BCUT2D eigenvalue weighted by atomic mass is 9.85. The lowest BCUT2D eigenvalue weighted by Gasteiger charge is -2.35. The first-order valence-electron chi connectivity index (χ1n) is 10.0. The molecule has 0 unspecified atom stereocenters. The minimum Gasteiger partial charge on any atom is -0.481 e. The van der Waals surface area contributed by atoms with Crippen molar-refractivity contribution in [2.75, 3.05) is 0 Å². The van der Waals surface area contributed by atoms with Crippen LogP contribution in [0.3, 0.4) is 0 Å². The molecule has 0 radical (unpaired) electrons. The summed E-state index contributed by atoms with van der Waals surface area (Å²) in [5, 5.41) is 18.6. The highest BCUT2D eigenvalue weighted by Crippen LogP contribution is 2.32. The van der Waals surface area contributed by atoms with Gasteiger partial charge in [0.25, 0.3) is 0 Å². The van der Waals surface area contributed by atoms with E-state index in [9.17, 15) is 14.7 Å². The third-order valence-corrected chi connectivity index (χ3v) is 4.66. The molecule has 0 rings (SSSR count). The van der Waals surface area contributed by atoms with E-state index in [4.69, 9.17) is 9.84 Å². The maximum atomic E-state index is 12.2. The molecule has 0 aromatic carbocycles. The fraction of sp³-hybridized carbons (Fsp3) is 0.900. The highest BCUT2D eigenvalue weighted by atomic mass is 16.6. The van der Waals surface area contributed by atoms with Crippen molar-refractivity contribution in [1.29, 1.82) is 0 Å². The van der Waals surface area contributed by atoms with Crippen LogP contribution < -0.4 is 0 Å². The van der Waals surface area contributed by atoms with Crippen LogP contribution in [0.5, 0.6) is 0 Å². The maximum absolute atomic E-state index is 12.2. The maximum Gasteiger partial charge on any atom is 0.336 e. The number of carboxylic acid groups (broad SMARTS) is 1. The summed E-state index contributed by atoms with van der Waals surface area (Å²) in [5.74, 6) is -1.99. The topological polar surface area (TPSA) is 83.8 Å². The quantitative estimate of drug-likeness (QED) is 0.304. The molecule has 1 atom stereocenters. The molecule has 0 spiro atoms. The van der Waals surface area contributed by atoms with Crippen molar-refractivity contribution in [3.8, 4) is 0 Å². The van der Waals surface area contributed by atoms with E-state index in [1.165, 1.54) is 19.3 Å². The number of esters is 1. The molecule has 0 fully saturated rings. The van der Waals surface area contributed by atoms with Crippen molar-refractivity contribution in [3.63, 3.8) is 0 Å². The second-order valence-corrected chi connectivity index (χ2v) is 7.09. The van der Waals surface area contributed by atoms with Crippen molar-refractivity contribution in [2.24, 2.45) is 0 Å². The van der Waals surface area contributed by atoms with Crippen LogP contribution in [-0.4, -0.2) is 33.9 Å². The summed E-state index contributed by atoms with van der Waals surface area (Å²) in [6.07, 6.45) is 9.81. The van der Waals surface area contributed by atoms with E-state index in [-0.39, 0.29) is 0 Å². The summed E-state index contributed by atoms with van der Waals surface area (Å²) in [7, 11) is 0. The van der Waals surface area contributed by atoms with Crippen molar-refractivity contribution < 1.29 is 24.5 Å². The van der Waals surface area contributed by atoms with E-state index in [0.29, 0.717) is 0 Å². The Morgan fingerprint density at radius 1 is 0.840 bits per heavy atom. The molecule has 148 valence electrons. The van der Waals surface area contributed by atoms with Crippen LogP contribution in [0, 0.1) is 0 Å². The zero-order valence-corrected chi connectivity index (χ0v) is 16.4. The van der Waals surface area contributed by atoms with Crippen molar-refractivity contribution in [3.05, 3.63) is 0 Å². The number of hydrogen-bond donors (Lipinski definition) is 2. The summed E-state index contributed by atoms with van der Waals surface area (Å²) in [6, 6.07) is 0. The summed E-state index contributed by atoms with van der Waals surface area (Å²) in [6.45, 7) is 6.39. The molecule has 0 heterocycles. The second-order valence-electron chi connectivity index (χ2n) is 7.09. The highest BCUT2D eigenvalue weighted by molar-refractivity contribution is 5.81. The fourth-order valence-electron chi connectivity index (χ4n) is 3.11. The van der Waals surface area contributed by atoms with Crippen LogP contribution >= 0.6 is 0 Å².